The first kappa shape index (κ1) is 48.6. The fraction of sp³-hybridized carbons (Fsp3) is 0.646. The number of nitrogens with zero attached hydrogens (tertiary/aromatic N) is 1. The molecule has 8 nitrogen and oxygen atoms in total. The first-order valence-corrected chi connectivity index (χ1v) is 21.4. The van der Waals surface area contributed by atoms with E-state index in [0.29, 0.717) is 56.3 Å². The quantitative estimate of drug-likeness (QED) is 0.0337. The van der Waals surface area contributed by atoms with Gasteiger partial charge < -0.3 is 20.2 Å². The molecule has 0 radical (unpaired) electrons. The Morgan fingerprint density at radius 3 is 2.27 bits per heavy atom. The SMILES string of the molecule is C=C=C(C(=C)CC[C@@H](C)c1ccccc1)C(C)CCCC.C=CC(=O)CCCCC(=O)N[C@H](C(=O)NC(COCN1C[C@@H]2CCC[C@@H]2C1C=O)C(C)C)C(C)C.[HH].[HH].[HH]. The standard InChI is InChI=1S/C27H45N3O5.C21H30.3H2/c1-6-21(32)11-7-8-13-25(33)29-26(19(4)5)27(34)28-23(18(2)3)16-35-17-30-14-20-10-9-12-22(20)24(30)15-31;1-6-8-12-18(4)21(7-2)19(5)16-15-17(3)20-13-10-9-11-14-20;;;/h6,15,18-20,22-24,26H,1,7-14,16-17H2,2-5H3,(H,28,34)(H,29,33);9-11,13-14,17-18H,2,5-6,8,12,15-16H2,1,3-4H3;3*1H/t20-,22-,23?,24?,26-;17-,18?;;;/m01.../s1. The lowest BCUT2D eigenvalue weighted by atomic mass is 9.86. The van der Waals surface area contributed by atoms with Crippen LogP contribution in [-0.4, -0.2) is 66.8 Å². The maximum atomic E-state index is 13.0. The number of aldehydes is 1. The molecule has 3 rings (SSSR count). The van der Waals surface area contributed by atoms with Gasteiger partial charge in [-0.05, 0) is 103 Å². The number of hydrogen-bond donors (Lipinski definition) is 2. The average molecular weight is 780 g/mol. The van der Waals surface area contributed by atoms with E-state index >= 15 is 0 Å². The first-order valence-electron chi connectivity index (χ1n) is 21.4. The molecule has 2 amide bonds. The van der Waals surface area contributed by atoms with E-state index in [9.17, 15) is 19.2 Å². The third-order valence-electron chi connectivity index (χ3n) is 11.7. The number of carbonyl (C=O) groups is 4. The van der Waals surface area contributed by atoms with E-state index in [1.54, 1.807) is 0 Å². The van der Waals surface area contributed by atoms with Gasteiger partial charge in [-0.2, -0.15) is 0 Å². The van der Waals surface area contributed by atoms with Crippen molar-refractivity contribution in [2.45, 2.75) is 150 Å². The lowest BCUT2D eigenvalue weighted by Crippen LogP contribution is -2.54. The lowest BCUT2D eigenvalue weighted by Gasteiger charge is -2.29. The lowest BCUT2D eigenvalue weighted by molar-refractivity contribution is -0.131. The highest BCUT2D eigenvalue weighted by Crippen LogP contribution is 2.41. The Kier molecular flexibility index (Phi) is 22.9. The third kappa shape index (κ3) is 16.5. The predicted molar refractivity (Wildman–Crippen MR) is 236 cm³/mol. The normalized spacial score (nSPS) is 19.8. The number of allylic oxidation sites excluding steroid dienone is 3. The summed E-state index contributed by atoms with van der Waals surface area (Å²) in [5.41, 5.74) is 7.01. The van der Waals surface area contributed by atoms with Gasteiger partial charge in [0.2, 0.25) is 11.8 Å². The van der Waals surface area contributed by atoms with Crippen LogP contribution in [0.4, 0.5) is 0 Å². The van der Waals surface area contributed by atoms with Crippen molar-refractivity contribution >= 4 is 23.9 Å². The van der Waals surface area contributed by atoms with Crippen molar-refractivity contribution in [3.8, 4) is 0 Å². The number of unbranched alkanes of at least 4 members (excludes halogenated alkanes) is 2. The number of benzene rings is 1. The summed E-state index contributed by atoms with van der Waals surface area (Å²) in [6.07, 6.45) is 13.6. The van der Waals surface area contributed by atoms with Crippen LogP contribution in [0.5, 0.6) is 0 Å². The zero-order valence-corrected chi connectivity index (χ0v) is 36.0. The van der Waals surface area contributed by atoms with E-state index in [-0.39, 0.29) is 52.2 Å². The molecular weight excluding hydrogens is 699 g/mol. The Labute approximate surface area is 344 Å². The van der Waals surface area contributed by atoms with Gasteiger partial charge in [0.05, 0.1) is 25.4 Å². The second-order valence-electron chi connectivity index (χ2n) is 16.9. The fourth-order valence-electron chi connectivity index (χ4n) is 7.97. The zero-order valence-electron chi connectivity index (χ0n) is 36.0. The minimum atomic E-state index is -0.643. The van der Waals surface area contributed by atoms with Crippen LogP contribution in [0.15, 0.2) is 73.0 Å². The smallest absolute Gasteiger partial charge is 0.243 e. The average Bonchev–Trinajstić information content (AvgIpc) is 3.78. The number of likely N-dealkylation sites (tertiary alicyclic amines) is 1. The van der Waals surface area contributed by atoms with Crippen LogP contribution in [0.2, 0.25) is 0 Å². The monoisotopic (exact) mass is 780 g/mol. The van der Waals surface area contributed by atoms with Gasteiger partial charge in [-0.3, -0.25) is 19.3 Å². The summed E-state index contributed by atoms with van der Waals surface area (Å²) < 4.78 is 5.98. The number of ketones is 1. The van der Waals surface area contributed by atoms with E-state index in [1.807, 2.05) is 27.7 Å². The molecule has 1 heterocycles. The van der Waals surface area contributed by atoms with Crippen LogP contribution in [0, 0.1) is 29.6 Å². The molecule has 1 aromatic carbocycles. The second kappa shape index (κ2) is 26.4. The van der Waals surface area contributed by atoms with Gasteiger partial charge in [-0.1, -0.05) is 118 Å². The van der Waals surface area contributed by atoms with E-state index in [1.165, 1.54) is 54.9 Å². The molecule has 1 aliphatic carbocycles. The number of carbonyl (C=O) groups excluding carboxylic acids is 4. The van der Waals surface area contributed by atoms with Crippen LogP contribution in [0.3, 0.4) is 0 Å². The number of amides is 2. The summed E-state index contributed by atoms with van der Waals surface area (Å²) in [5.74, 6) is 1.77. The first-order chi connectivity index (χ1) is 26.8. The Balaban J connectivity index is 0. The topological polar surface area (TPSA) is 105 Å². The molecule has 3 unspecified atom stereocenters. The molecular formula is C48H81N3O5. The highest BCUT2D eigenvalue weighted by Gasteiger charge is 2.44. The molecule has 2 fully saturated rings. The predicted octanol–water partition coefficient (Wildman–Crippen LogP) is 10.3. The summed E-state index contributed by atoms with van der Waals surface area (Å²) in [6, 6.07) is 9.81. The van der Waals surface area contributed by atoms with Crippen LogP contribution >= 0.6 is 0 Å². The van der Waals surface area contributed by atoms with Crippen LogP contribution in [-0.2, 0) is 23.9 Å². The van der Waals surface area contributed by atoms with Crippen LogP contribution in [0.25, 0.3) is 0 Å². The molecule has 1 aliphatic heterocycles. The van der Waals surface area contributed by atoms with E-state index in [2.05, 4.69) is 92.1 Å². The van der Waals surface area contributed by atoms with Gasteiger partial charge in [-0.15, -0.1) is 5.73 Å². The molecule has 0 bridgehead atoms. The van der Waals surface area contributed by atoms with E-state index < -0.39 is 6.04 Å². The minimum absolute atomic E-state index is 0. The van der Waals surface area contributed by atoms with E-state index in [0.717, 1.165) is 32.1 Å². The Morgan fingerprint density at radius 2 is 1.66 bits per heavy atom. The summed E-state index contributed by atoms with van der Waals surface area (Å²) in [6.45, 7) is 27.9. The molecule has 0 spiro atoms. The van der Waals surface area contributed by atoms with Gasteiger partial charge in [0.15, 0.2) is 5.78 Å². The highest BCUT2D eigenvalue weighted by atomic mass is 16.5. The number of fused-ring (bicyclic) bond motifs is 1. The Hall–Kier alpha value is -3.58. The number of ether oxygens (including phenoxy) is 1. The van der Waals surface area contributed by atoms with Crippen LogP contribution in [0.1, 0.15) is 141 Å². The van der Waals surface area contributed by atoms with Gasteiger partial charge in [0.1, 0.15) is 12.3 Å². The largest absolute Gasteiger partial charge is 0.364 e. The van der Waals surface area contributed by atoms with E-state index in [4.69, 9.17) is 4.74 Å². The van der Waals surface area contributed by atoms with Crippen LogP contribution < -0.4 is 10.6 Å². The zero-order chi connectivity index (χ0) is 41.6. The molecule has 8 heteroatoms. The van der Waals surface area contributed by atoms with Crippen molar-refractivity contribution < 1.29 is 28.2 Å². The van der Waals surface area contributed by atoms with Crippen molar-refractivity contribution in [3.63, 3.8) is 0 Å². The second-order valence-corrected chi connectivity index (χ2v) is 16.9. The molecule has 1 saturated carbocycles. The molecule has 1 aromatic rings. The Morgan fingerprint density at radius 1 is 0.964 bits per heavy atom. The molecule has 2 aliphatic rings. The van der Waals surface area contributed by atoms with Crippen molar-refractivity contribution in [2.75, 3.05) is 19.9 Å². The highest BCUT2D eigenvalue weighted by molar-refractivity contribution is 5.89. The Bertz CT molecular complexity index is 1450. The third-order valence-corrected chi connectivity index (χ3v) is 11.7. The molecule has 0 aromatic heterocycles. The molecule has 318 valence electrons. The fourth-order valence-corrected chi connectivity index (χ4v) is 7.97. The minimum Gasteiger partial charge on any atom is -0.364 e. The van der Waals surface area contributed by atoms with Gasteiger partial charge in [-0.25, -0.2) is 0 Å². The molecule has 7 atom stereocenters. The maximum Gasteiger partial charge on any atom is 0.243 e. The van der Waals surface area contributed by atoms with Crippen molar-refractivity contribution in [1.29, 1.82) is 0 Å². The van der Waals surface area contributed by atoms with Crippen molar-refractivity contribution in [2.24, 2.45) is 29.6 Å². The number of rotatable bonds is 25. The van der Waals surface area contributed by atoms with Crippen molar-refractivity contribution in [3.05, 3.63) is 78.6 Å². The summed E-state index contributed by atoms with van der Waals surface area (Å²) in [4.78, 5) is 50.5. The van der Waals surface area contributed by atoms with Gasteiger partial charge in [0.25, 0.3) is 0 Å². The van der Waals surface area contributed by atoms with Gasteiger partial charge in [0, 0.05) is 23.7 Å². The summed E-state index contributed by atoms with van der Waals surface area (Å²) >= 11 is 0. The van der Waals surface area contributed by atoms with Gasteiger partial charge >= 0.3 is 0 Å². The summed E-state index contributed by atoms with van der Waals surface area (Å²) in [5, 5.41) is 5.92. The number of hydrogen-bond acceptors (Lipinski definition) is 6. The molecule has 1 saturated heterocycles. The summed E-state index contributed by atoms with van der Waals surface area (Å²) in [7, 11) is 0. The van der Waals surface area contributed by atoms with Crippen molar-refractivity contribution in [1.82, 2.24) is 15.5 Å². The maximum absolute atomic E-state index is 13.0. The molecule has 2 N–H and O–H groups in total. The molecule has 56 heavy (non-hydrogen) atoms. The number of nitrogens with one attached hydrogen (secondary N) is 2.